The maximum absolute atomic E-state index is 4.84. The van der Waals surface area contributed by atoms with Crippen LogP contribution >= 0.6 is 0 Å². The monoisotopic (exact) mass is 259 g/mol. The Balaban J connectivity index is 2.87. The second-order valence-electron chi connectivity index (χ2n) is 5.62. The largest absolute Gasteiger partial charge is 0.258 e. The quantitative estimate of drug-likeness (QED) is 0.531. The number of allylic oxidation sites excluding steroid dienone is 6. The van der Waals surface area contributed by atoms with Crippen molar-refractivity contribution in [1.29, 1.82) is 0 Å². The zero-order valence-electron chi connectivity index (χ0n) is 13.3. The van der Waals surface area contributed by atoms with Gasteiger partial charge in [-0.2, -0.15) is 0 Å². The number of hydrogen-bond acceptors (Lipinski definition) is 1. The molecule has 106 valence electrons. The molecule has 0 heterocycles. The number of rotatable bonds is 6. The summed E-state index contributed by atoms with van der Waals surface area (Å²) in [6.45, 7) is 11.0. The first-order chi connectivity index (χ1) is 9.08. The Morgan fingerprint density at radius 2 is 1.84 bits per heavy atom. The minimum Gasteiger partial charge on any atom is -0.258 e. The zero-order valence-corrected chi connectivity index (χ0v) is 13.3. The fourth-order valence-electron chi connectivity index (χ4n) is 2.48. The number of hydrogen-bond donors (Lipinski definition) is 0. The van der Waals surface area contributed by atoms with Crippen molar-refractivity contribution in [3.05, 3.63) is 35.1 Å². The van der Waals surface area contributed by atoms with Crippen molar-refractivity contribution in [2.24, 2.45) is 10.9 Å². The van der Waals surface area contributed by atoms with E-state index in [9.17, 15) is 0 Å². The molecule has 1 unspecified atom stereocenters. The van der Waals surface area contributed by atoms with Gasteiger partial charge in [0.25, 0.3) is 0 Å². The summed E-state index contributed by atoms with van der Waals surface area (Å²) < 4.78 is 0. The summed E-state index contributed by atoms with van der Waals surface area (Å²) >= 11 is 0. The Morgan fingerprint density at radius 1 is 1.21 bits per heavy atom. The van der Waals surface area contributed by atoms with Gasteiger partial charge in [-0.1, -0.05) is 51.8 Å². The molecule has 0 aromatic carbocycles. The summed E-state index contributed by atoms with van der Waals surface area (Å²) in [5.41, 5.74) is 5.21. The third kappa shape index (κ3) is 5.18. The highest BCUT2D eigenvalue weighted by Gasteiger charge is 2.07. The van der Waals surface area contributed by atoms with Gasteiger partial charge >= 0.3 is 0 Å². The van der Waals surface area contributed by atoms with Crippen LogP contribution in [0.25, 0.3) is 0 Å². The van der Waals surface area contributed by atoms with Crippen LogP contribution in [0, 0.1) is 5.92 Å². The van der Waals surface area contributed by atoms with E-state index in [2.05, 4.69) is 52.8 Å². The van der Waals surface area contributed by atoms with Crippen LogP contribution in [-0.4, -0.2) is 5.71 Å². The second-order valence-corrected chi connectivity index (χ2v) is 5.62. The first-order valence-electron chi connectivity index (χ1n) is 7.71. The van der Waals surface area contributed by atoms with E-state index in [-0.39, 0.29) is 0 Å². The van der Waals surface area contributed by atoms with Crippen LogP contribution in [0.15, 0.2) is 40.1 Å². The lowest BCUT2D eigenvalue weighted by molar-refractivity contribution is 0.734. The lowest BCUT2D eigenvalue weighted by Crippen LogP contribution is -2.02. The van der Waals surface area contributed by atoms with Crippen molar-refractivity contribution >= 4 is 5.71 Å². The molecule has 0 radical (unpaired) electrons. The molecule has 1 aliphatic rings. The SMILES string of the molecule is CCCC(CCC)=C(C)/N=C(\C)C1=CCC(C)C=C1. The van der Waals surface area contributed by atoms with Crippen molar-refractivity contribution in [2.45, 2.75) is 66.7 Å². The summed E-state index contributed by atoms with van der Waals surface area (Å²) in [5, 5.41) is 0. The van der Waals surface area contributed by atoms with Gasteiger partial charge in [-0.3, -0.25) is 4.99 Å². The molecule has 1 heteroatoms. The topological polar surface area (TPSA) is 12.4 Å². The molecule has 1 rings (SSSR count). The second kappa shape index (κ2) is 8.14. The molecule has 0 fully saturated rings. The molecule has 0 bridgehead atoms. The molecule has 0 amide bonds. The fourth-order valence-corrected chi connectivity index (χ4v) is 2.48. The number of aliphatic imine (C=N–C) groups is 1. The highest BCUT2D eigenvalue weighted by atomic mass is 14.7. The Kier molecular flexibility index (Phi) is 6.83. The van der Waals surface area contributed by atoms with Crippen LogP contribution in [-0.2, 0) is 0 Å². The first-order valence-corrected chi connectivity index (χ1v) is 7.71. The standard InChI is InChI=1S/C18H29N/c1-6-8-17(9-7-2)15(4)19-16(5)18-12-10-14(3)11-13-18/h10,12-14H,6-9,11H2,1-5H3/b19-16+. The molecule has 0 saturated carbocycles. The molecule has 1 nitrogen and oxygen atoms in total. The normalized spacial score (nSPS) is 19.3. The van der Waals surface area contributed by atoms with Gasteiger partial charge < -0.3 is 0 Å². The van der Waals surface area contributed by atoms with Crippen molar-refractivity contribution in [1.82, 2.24) is 0 Å². The summed E-state index contributed by atoms with van der Waals surface area (Å²) in [5.74, 6) is 0.670. The molecular weight excluding hydrogens is 230 g/mol. The number of nitrogens with zero attached hydrogens (tertiary/aromatic N) is 1. The van der Waals surface area contributed by atoms with Crippen molar-refractivity contribution in [3.63, 3.8) is 0 Å². The third-order valence-electron chi connectivity index (χ3n) is 3.68. The fraction of sp³-hybridized carbons (Fsp3) is 0.611. The van der Waals surface area contributed by atoms with E-state index >= 15 is 0 Å². The van der Waals surface area contributed by atoms with Crippen molar-refractivity contribution < 1.29 is 0 Å². The summed E-state index contributed by atoms with van der Waals surface area (Å²) in [6.07, 6.45) is 12.7. The van der Waals surface area contributed by atoms with E-state index in [0.717, 1.165) is 12.1 Å². The lowest BCUT2D eigenvalue weighted by atomic mass is 9.96. The Hall–Kier alpha value is -1.11. The van der Waals surface area contributed by atoms with Gasteiger partial charge in [0, 0.05) is 11.4 Å². The molecule has 0 aliphatic heterocycles. The molecule has 0 N–H and O–H groups in total. The van der Waals surface area contributed by atoms with Gasteiger partial charge in [-0.15, -0.1) is 0 Å². The molecular formula is C18H29N. The van der Waals surface area contributed by atoms with Crippen LogP contribution < -0.4 is 0 Å². The van der Waals surface area contributed by atoms with E-state index in [1.165, 1.54) is 42.5 Å². The van der Waals surface area contributed by atoms with Gasteiger partial charge in [0.05, 0.1) is 0 Å². The zero-order chi connectivity index (χ0) is 14.3. The molecule has 1 aliphatic carbocycles. The predicted octanol–water partition coefficient (Wildman–Crippen LogP) is 5.84. The smallest absolute Gasteiger partial charge is 0.0444 e. The molecule has 1 atom stereocenters. The molecule has 0 saturated heterocycles. The third-order valence-corrected chi connectivity index (χ3v) is 3.68. The molecule has 0 aromatic heterocycles. The Bertz CT molecular complexity index is 399. The maximum Gasteiger partial charge on any atom is 0.0444 e. The van der Waals surface area contributed by atoms with Crippen LogP contribution in [0.1, 0.15) is 66.7 Å². The van der Waals surface area contributed by atoms with Crippen LogP contribution in [0.3, 0.4) is 0 Å². The van der Waals surface area contributed by atoms with E-state index in [1.807, 2.05) is 0 Å². The highest BCUT2D eigenvalue weighted by molar-refractivity contribution is 6.01. The van der Waals surface area contributed by atoms with Crippen LogP contribution in [0.2, 0.25) is 0 Å². The van der Waals surface area contributed by atoms with Crippen molar-refractivity contribution in [2.75, 3.05) is 0 Å². The van der Waals surface area contributed by atoms with Crippen molar-refractivity contribution in [3.8, 4) is 0 Å². The van der Waals surface area contributed by atoms with E-state index in [1.54, 1.807) is 0 Å². The Labute approximate surface area is 119 Å². The van der Waals surface area contributed by atoms with E-state index in [4.69, 9.17) is 4.99 Å². The van der Waals surface area contributed by atoms with Gasteiger partial charge in [-0.05, 0) is 50.2 Å². The van der Waals surface area contributed by atoms with Gasteiger partial charge in [0.15, 0.2) is 0 Å². The first kappa shape index (κ1) is 15.9. The lowest BCUT2D eigenvalue weighted by Gasteiger charge is -2.13. The maximum atomic E-state index is 4.84. The summed E-state index contributed by atoms with van der Waals surface area (Å²) in [6, 6.07) is 0. The molecule has 0 spiro atoms. The Morgan fingerprint density at radius 3 is 2.32 bits per heavy atom. The van der Waals surface area contributed by atoms with E-state index < -0.39 is 0 Å². The average molecular weight is 259 g/mol. The summed E-state index contributed by atoms with van der Waals surface area (Å²) in [4.78, 5) is 4.84. The predicted molar refractivity (Wildman–Crippen MR) is 86.6 cm³/mol. The van der Waals surface area contributed by atoms with Gasteiger partial charge in [0.2, 0.25) is 0 Å². The van der Waals surface area contributed by atoms with E-state index in [0.29, 0.717) is 5.92 Å². The minimum atomic E-state index is 0.670. The van der Waals surface area contributed by atoms with Gasteiger partial charge in [-0.25, -0.2) is 0 Å². The highest BCUT2D eigenvalue weighted by Crippen LogP contribution is 2.21. The minimum absolute atomic E-state index is 0.670. The summed E-state index contributed by atoms with van der Waals surface area (Å²) in [7, 11) is 0. The molecule has 0 aromatic rings. The van der Waals surface area contributed by atoms with Crippen LogP contribution in [0.5, 0.6) is 0 Å². The molecule has 19 heavy (non-hydrogen) atoms. The van der Waals surface area contributed by atoms with Crippen LogP contribution in [0.4, 0.5) is 0 Å². The average Bonchev–Trinajstić information content (AvgIpc) is 2.39. The van der Waals surface area contributed by atoms with Gasteiger partial charge in [0.1, 0.15) is 0 Å².